The topological polar surface area (TPSA) is 91.9 Å². The number of hydrogen-bond donors (Lipinski definition) is 0. The molecule has 3 heterocycles. The summed E-state index contributed by atoms with van der Waals surface area (Å²) in [4.78, 5) is 14.4. The molecule has 1 saturated heterocycles. The first-order chi connectivity index (χ1) is 16.2. The van der Waals surface area contributed by atoms with E-state index >= 15 is 0 Å². The first kappa shape index (κ1) is 21.2. The molecule has 4 aromatic rings. The van der Waals surface area contributed by atoms with Gasteiger partial charge in [-0.2, -0.15) is 0 Å². The minimum Gasteiger partial charge on any atom is -0.492 e. The van der Waals surface area contributed by atoms with Gasteiger partial charge in [-0.3, -0.25) is 4.90 Å². The fourth-order valence-electron chi connectivity index (χ4n) is 3.68. The molecule has 0 radical (unpaired) electrons. The number of fused-ring (bicyclic) bond motifs is 1. The lowest BCUT2D eigenvalue weighted by Crippen LogP contribution is -2.38. The summed E-state index contributed by atoms with van der Waals surface area (Å²) < 4.78 is 24.0. The lowest BCUT2D eigenvalue weighted by molar-refractivity contribution is 0.0322. The van der Waals surface area contributed by atoms with Crippen molar-refractivity contribution >= 4 is 11.0 Å². The molecule has 0 bridgehead atoms. The smallest absolute Gasteiger partial charge is 0.338 e. The monoisotopic (exact) mass is 448 g/mol. The molecule has 0 atom stereocenters. The van der Waals surface area contributed by atoms with E-state index in [-0.39, 0.29) is 6.61 Å². The maximum Gasteiger partial charge on any atom is 0.338 e. The lowest BCUT2D eigenvalue weighted by atomic mass is 10.2. The van der Waals surface area contributed by atoms with E-state index in [1.54, 1.807) is 23.0 Å². The summed E-state index contributed by atoms with van der Waals surface area (Å²) in [6, 6.07) is 16.3. The molecule has 0 N–H and O–H groups in total. The molecule has 0 aliphatic carbocycles. The van der Waals surface area contributed by atoms with Gasteiger partial charge >= 0.3 is 5.63 Å². The van der Waals surface area contributed by atoms with Gasteiger partial charge < -0.3 is 18.6 Å². The second-order valence-electron chi connectivity index (χ2n) is 7.67. The SMILES string of the molecule is O=c1cc(-n2cc(COc3ccccc3)nn2)c2cc(OCCN3CCOCC3)ccc2o1. The summed E-state index contributed by atoms with van der Waals surface area (Å²) in [5, 5.41) is 9.07. The second kappa shape index (κ2) is 9.85. The molecule has 1 aliphatic heterocycles. The van der Waals surface area contributed by atoms with E-state index in [1.807, 2.05) is 36.4 Å². The van der Waals surface area contributed by atoms with Crippen molar-refractivity contribution < 1.29 is 18.6 Å². The maximum absolute atomic E-state index is 12.1. The van der Waals surface area contributed by atoms with Crippen molar-refractivity contribution in [2.75, 3.05) is 39.5 Å². The highest BCUT2D eigenvalue weighted by atomic mass is 16.5. The third kappa shape index (κ3) is 5.21. The Morgan fingerprint density at radius 1 is 0.970 bits per heavy atom. The van der Waals surface area contributed by atoms with Gasteiger partial charge in [-0.25, -0.2) is 9.48 Å². The minimum absolute atomic E-state index is 0.263. The molecule has 0 amide bonds. The largest absolute Gasteiger partial charge is 0.492 e. The second-order valence-corrected chi connectivity index (χ2v) is 7.67. The van der Waals surface area contributed by atoms with Crippen molar-refractivity contribution in [2.45, 2.75) is 6.61 Å². The first-order valence-electron chi connectivity index (χ1n) is 10.8. The molecular weight excluding hydrogens is 424 g/mol. The van der Waals surface area contributed by atoms with Gasteiger partial charge in [0.25, 0.3) is 0 Å². The van der Waals surface area contributed by atoms with Crippen molar-refractivity contribution in [1.82, 2.24) is 19.9 Å². The predicted octanol–water partition coefficient (Wildman–Crippen LogP) is 2.66. The molecule has 0 spiro atoms. The van der Waals surface area contributed by atoms with Crippen molar-refractivity contribution in [1.29, 1.82) is 0 Å². The summed E-state index contributed by atoms with van der Waals surface area (Å²) in [5.74, 6) is 1.44. The first-order valence-corrected chi connectivity index (χ1v) is 10.8. The van der Waals surface area contributed by atoms with E-state index in [0.717, 1.165) is 38.6 Å². The number of benzene rings is 2. The number of ether oxygens (including phenoxy) is 3. The van der Waals surface area contributed by atoms with Gasteiger partial charge in [0, 0.05) is 25.0 Å². The molecule has 5 rings (SSSR count). The lowest BCUT2D eigenvalue weighted by Gasteiger charge is -2.26. The van der Waals surface area contributed by atoms with Gasteiger partial charge in [0.15, 0.2) is 0 Å². The Hall–Kier alpha value is -3.69. The van der Waals surface area contributed by atoms with E-state index < -0.39 is 5.63 Å². The summed E-state index contributed by atoms with van der Waals surface area (Å²) in [7, 11) is 0. The molecular formula is C24H24N4O5. The van der Waals surface area contributed by atoms with Crippen LogP contribution in [0.3, 0.4) is 0 Å². The van der Waals surface area contributed by atoms with Gasteiger partial charge in [-0.1, -0.05) is 23.4 Å². The van der Waals surface area contributed by atoms with Crippen LogP contribution in [0.4, 0.5) is 0 Å². The van der Waals surface area contributed by atoms with Crippen LogP contribution in [0.5, 0.6) is 11.5 Å². The minimum atomic E-state index is -0.462. The number of rotatable bonds is 8. The van der Waals surface area contributed by atoms with Crippen molar-refractivity contribution in [3.63, 3.8) is 0 Å². The number of aromatic nitrogens is 3. The van der Waals surface area contributed by atoms with Crippen LogP contribution in [0.1, 0.15) is 5.69 Å². The van der Waals surface area contributed by atoms with Crippen LogP contribution in [0.15, 0.2) is 70.0 Å². The Morgan fingerprint density at radius 3 is 2.67 bits per heavy atom. The maximum atomic E-state index is 12.1. The summed E-state index contributed by atoms with van der Waals surface area (Å²) in [5.41, 5.74) is 1.20. The van der Waals surface area contributed by atoms with E-state index in [4.69, 9.17) is 18.6 Å². The zero-order valence-electron chi connectivity index (χ0n) is 18.1. The molecule has 0 saturated carbocycles. The Labute approximate surface area is 190 Å². The van der Waals surface area contributed by atoms with E-state index in [0.29, 0.717) is 34.7 Å². The van der Waals surface area contributed by atoms with Crippen LogP contribution in [0, 0.1) is 0 Å². The number of hydrogen-bond acceptors (Lipinski definition) is 8. The van der Waals surface area contributed by atoms with E-state index in [9.17, 15) is 4.79 Å². The van der Waals surface area contributed by atoms with Crippen molar-refractivity contribution in [2.24, 2.45) is 0 Å². The fraction of sp³-hybridized carbons (Fsp3) is 0.292. The van der Waals surface area contributed by atoms with Gasteiger partial charge in [0.1, 0.15) is 36.0 Å². The van der Waals surface area contributed by atoms with Crippen LogP contribution in [-0.2, 0) is 11.3 Å². The van der Waals surface area contributed by atoms with Crippen LogP contribution in [-0.4, -0.2) is 59.3 Å². The average Bonchev–Trinajstić information content (AvgIpc) is 3.33. The normalized spacial score (nSPS) is 14.4. The molecule has 1 fully saturated rings. The highest BCUT2D eigenvalue weighted by molar-refractivity contribution is 5.86. The molecule has 2 aromatic heterocycles. The van der Waals surface area contributed by atoms with E-state index in [2.05, 4.69) is 15.2 Å². The van der Waals surface area contributed by atoms with Crippen molar-refractivity contribution in [3.05, 3.63) is 76.9 Å². The van der Waals surface area contributed by atoms with Gasteiger partial charge in [-0.15, -0.1) is 5.10 Å². The molecule has 2 aromatic carbocycles. The zero-order valence-corrected chi connectivity index (χ0v) is 18.1. The molecule has 0 unspecified atom stereocenters. The summed E-state index contributed by atoms with van der Waals surface area (Å²) in [6.07, 6.45) is 1.74. The Kier molecular flexibility index (Phi) is 6.32. The van der Waals surface area contributed by atoms with Gasteiger partial charge in [0.05, 0.1) is 31.2 Å². The number of morpholine rings is 1. The molecule has 9 nitrogen and oxygen atoms in total. The molecule has 33 heavy (non-hydrogen) atoms. The van der Waals surface area contributed by atoms with Gasteiger partial charge in [0.2, 0.25) is 0 Å². The zero-order chi connectivity index (χ0) is 22.5. The Bertz CT molecular complexity index is 1260. The summed E-state index contributed by atoms with van der Waals surface area (Å²) >= 11 is 0. The fourth-order valence-corrected chi connectivity index (χ4v) is 3.68. The van der Waals surface area contributed by atoms with Crippen LogP contribution < -0.4 is 15.1 Å². The third-order valence-corrected chi connectivity index (χ3v) is 5.39. The highest BCUT2D eigenvalue weighted by Crippen LogP contribution is 2.25. The summed E-state index contributed by atoms with van der Waals surface area (Å²) in [6.45, 7) is 4.99. The molecule has 9 heteroatoms. The average molecular weight is 448 g/mol. The highest BCUT2D eigenvalue weighted by Gasteiger charge is 2.13. The van der Waals surface area contributed by atoms with Crippen molar-refractivity contribution in [3.8, 4) is 17.2 Å². The standard InChI is InChI=1S/C24H24N4O5/c29-24-15-22(28-16-18(25-26-28)17-32-19-4-2-1-3-5-19)21-14-20(6-7-23(21)33-24)31-13-10-27-8-11-30-12-9-27/h1-7,14-16H,8-13,17H2. The Morgan fingerprint density at radius 2 is 1.82 bits per heavy atom. The Balaban J connectivity index is 1.33. The number of nitrogens with zero attached hydrogens (tertiary/aromatic N) is 4. The molecule has 170 valence electrons. The third-order valence-electron chi connectivity index (χ3n) is 5.39. The van der Waals surface area contributed by atoms with Gasteiger partial charge in [-0.05, 0) is 30.3 Å². The van der Waals surface area contributed by atoms with Crippen LogP contribution in [0.25, 0.3) is 16.7 Å². The number of para-hydroxylation sites is 1. The quantitative estimate of drug-likeness (QED) is 0.380. The van der Waals surface area contributed by atoms with E-state index in [1.165, 1.54) is 6.07 Å². The predicted molar refractivity (Wildman–Crippen MR) is 121 cm³/mol. The van der Waals surface area contributed by atoms with Crippen LogP contribution in [0.2, 0.25) is 0 Å². The molecule has 1 aliphatic rings. The van der Waals surface area contributed by atoms with Crippen LogP contribution >= 0.6 is 0 Å².